The molecule has 0 saturated carbocycles. The van der Waals surface area contributed by atoms with Crippen molar-refractivity contribution in [3.8, 4) is 0 Å². The van der Waals surface area contributed by atoms with Crippen LogP contribution in [0.4, 0.5) is 5.69 Å². The van der Waals surface area contributed by atoms with Crippen LogP contribution in [0.25, 0.3) is 0 Å². The number of benzene rings is 1. The summed E-state index contributed by atoms with van der Waals surface area (Å²) in [6.07, 6.45) is 5.10. The van der Waals surface area contributed by atoms with Gasteiger partial charge in [-0.15, -0.1) is 0 Å². The number of anilines is 1. The molecule has 102 valence electrons. The van der Waals surface area contributed by atoms with Crippen molar-refractivity contribution in [1.29, 1.82) is 0 Å². The average molecular weight is 349 g/mol. The van der Waals surface area contributed by atoms with Crippen molar-refractivity contribution in [1.82, 2.24) is 4.98 Å². The minimum absolute atomic E-state index is 0.187. The molecule has 20 heavy (non-hydrogen) atoms. The molecule has 0 saturated heterocycles. The highest BCUT2D eigenvalue weighted by molar-refractivity contribution is 9.10. The Labute approximate surface area is 131 Å². The van der Waals surface area contributed by atoms with Crippen molar-refractivity contribution in [2.45, 2.75) is 6.92 Å². The van der Waals surface area contributed by atoms with Crippen molar-refractivity contribution in [2.24, 2.45) is 10.8 Å². The molecule has 0 aliphatic heterocycles. The largest absolute Gasteiger partial charge is 0.374 e. The Morgan fingerprint density at radius 2 is 2.25 bits per heavy atom. The maximum absolute atomic E-state index is 5.74. The monoisotopic (exact) mass is 348 g/mol. The molecule has 1 aromatic heterocycles. The zero-order valence-corrected chi connectivity index (χ0v) is 13.2. The number of hydrogen-bond donors (Lipinski definition) is 1. The fourth-order valence-corrected chi connectivity index (χ4v) is 1.99. The third-order valence-corrected chi connectivity index (χ3v) is 3.66. The van der Waals surface area contributed by atoms with E-state index in [0.29, 0.717) is 0 Å². The minimum atomic E-state index is 0.187. The van der Waals surface area contributed by atoms with Crippen LogP contribution >= 0.6 is 28.1 Å². The zero-order valence-electron chi connectivity index (χ0n) is 10.8. The molecule has 2 rings (SSSR count). The van der Waals surface area contributed by atoms with Gasteiger partial charge in [0.1, 0.15) is 0 Å². The molecule has 0 spiro atoms. The van der Waals surface area contributed by atoms with Crippen LogP contribution in [0.1, 0.15) is 11.1 Å². The summed E-state index contributed by atoms with van der Waals surface area (Å²) in [6.45, 7) is 2.00. The van der Waals surface area contributed by atoms with Gasteiger partial charge < -0.3 is 5.73 Å². The van der Waals surface area contributed by atoms with Gasteiger partial charge in [-0.25, -0.2) is 5.01 Å². The Morgan fingerprint density at radius 3 is 2.85 bits per heavy atom. The van der Waals surface area contributed by atoms with Crippen LogP contribution in [0.2, 0.25) is 0 Å². The molecule has 0 amide bonds. The molecule has 0 bridgehead atoms. The second kappa shape index (κ2) is 6.58. The maximum atomic E-state index is 5.74. The summed E-state index contributed by atoms with van der Waals surface area (Å²) in [5.41, 5.74) is 8.52. The van der Waals surface area contributed by atoms with Gasteiger partial charge in [0, 0.05) is 22.4 Å². The van der Waals surface area contributed by atoms with Crippen molar-refractivity contribution in [2.75, 3.05) is 5.01 Å². The minimum Gasteiger partial charge on any atom is -0.374 e. The molecular formula is C14H13BrN4S. The predicted octanol–water partition coefficient (Wildman–Crippen LogP) is 3.24. The summed E-state index contributed by atoms with van der Waals surface area (Å²) in [5, 5.41) is 6.02. The highest BCUT2D eigenvalue weighted by Crippen LogP contribution is 2.23. The Hall–Kier alpha value is -1.79. The van der Waals surface area contributed by atoms with Crippen LogP contribution in [0.15, 0.2) is 52.3 Å². The van der Waals surface area contributed by atoms with E-state index in [1.807, 2.05) is 37.3 Å². The van der Waals surface area contributed by atoms with Gasteiger partial charge in [0.15, 0.2) is 5.11 Å². The lowest BCUT2D eigenvalue weighted by molar-refractivity contribution is 1.13. The summed E-state index contributed by atoms with van der Waals surface area (Å²) in [4.78, 5) is 4.03. The molecule has 6 heteroatoms. The van der Waals surface area contributed by atoms with Crippen molar-refractivity contribution in [3.05, 3.63) is 58.3 Å². The first-order valence-electron chi connectivity index (χ1n) is 5.87. The van der Waals surface area contributed by atoms with E-state index in [-0.39, 0.29) is 5.11 Å². The number of pyridine rings is 1. The molecule has 0 unspecified atom stereocenters. The summed E-state index contributed by atoms with van der Waals surface area (Å²) < 4.78 is 1.03. The number of rotatable bonds is 3. The van der Waals surface area contributed by atoms with E-state index in [1.54, 1.807) is 18.6 Å². The average Bonchev–Trinajstić information content (AvgIpc) is 2.43. The summed E-state index contributed by atoms with van der Waals surface area (Å²) in [5.74, 6) is 0. The normalized spacial score (nSPS) is 10.7. The highest BCUT2D eigenvalue weighted by Gasteiger charge is 2.08. The number of hydrazone groups is 1. The van der Waals surface area contributed by atoms with Gasteiger partial charge in [-0.3, -0.25) is 4.98 Å². The lowest BCUT2D eigenvalue weighted by Gasteiger charge is -2.17. The molecular weight excluding hydrogens is 336 g/mol. The first-order chi connectivity index (χ1) is 9.58. The van der Waals surface area contributed by atoms with Gasteiger partial charge in [-0.2, -0.15) is 5.10 Å². The van der Waals surface area contributed by atoms with Crippen LogP contribution < -0.4 is 10.7 Å². The van der Waals surface area contributed by atoms with Gasteiger partial charge in [-0.1, -0.05) is 22.0 Å². The smallest absolute Gasteiger partial charge is 0.191 e. The van der Waals surface area contributed by atoms with Crippen LogP contribution in [0.5, 0.6) is 0 Å². The van der Waals surface area contributed by atoms with E-state index < -0.39 is 0 Å². The quantitative estimate of drug-likeness (QED) is 0.525. The standard InChI is InChI=1S/C14H13BrN4S/c1-10-7-12(4-5-13(10)15)19(14(16)20)18-9-11-3-2-6-17-8-11/h2-9H,1H3,(H2,16,20)/b18-9-. The molecule has 2 N–H and O–H groups in total. The summed E-state index contributed by atoms with van der Waals surface area (Å²) in [7, 11) is 0. The second-order valence-corrected chi connectivity index (χ2v) is 5.39. The van der Waals surface area contributed by atoms with Crippen molar-refractivity contribution >= 4 is 45.2 Å². The van der Waals surface area contributed by atoms with Gasteiger partial charge in [0.05, 0.1) is 11.9 Å². The molecule has 4 nitrogen and oxygen atoms in total. The summed E-state index contributed by atoms with van der Waals surface area (Å²) in [6, 6.07) is 9.55. The Kier molecular flexibility index (Phi) is 4.81. The van der Waals surface area contributed by atoms with Gasteiger partial charge in [0.25, 0.3) is 0 Å². The number of halogens is 1. The first-order valence-corrected chi connectivity index (χ1v) is 7.08. The Balaban J connectivity index is 2.30. The lowest BCUT2D eigenvalue weighted by Crippen LogP contribution is -2.31. The van der Waals surface area contributed by atoms with Gasteiger partial charge >= 0.3 is 0 Å². The molecule has 0 aliphatic carbocycles. The van der Waals surface area contributed by atoms with Gasteiger partial charge in [0.2, 0.25) is 0 Å². The van der Waals surface area contributed by atoms with Crippen LogP contribution in [-0.4, -0.2) is 16.3 Å². The fourth-order valence-electron chi connectivity index (χ4n) is 1.59. The Morgan fingerprint density at radius 1 is 1.45 bits per heavy atom. The van der Waals surface area contributed by atoms with Crippen LogP contribution in [0.3, 0.4) is 0 Å². The predicted molar refractivity (Wildman–Crippen MR) is 90.0 cm³/mol. The molecule has 0 aliphatic rings. The number of aryl methyl sites for hydroxylation is 1. The number of nitrogens with two attached hydrogens (primary N) is 1. The zero-order chi connectivity index (χ0) is 14.5. The Bertz CT molecular complexity index is 643. The molecule has 1 aromatic carbocycles. The number of nitrogens with zero attached hydrogens (tertiary/aromatic N) is 3. The van der Waals surface area contributed by atoms with Gasteiger partial charge in [-0.05, 0) is 49.0 Å². The van der Waals surface area contributed by atoms with Crippen molar-refractivity contribution < 1.29 is 0 Å². The number of aromatic nitrogens is 1. The second-order valence-electron chi connectivity index (χ2n) is 4.11. The first kappa shape index (κ1) is 14.6. The molecule has 0 radical (unpaired) electrons. The SMILES string of the molecule is Cc1cc(N(/N=C\c2cccnc2)C(N)=S)ccc1Br. The van der Waals surface area contributed by atoms with E-state index in [4.69, 9.17) is 18.0 Å². The van der Waals surface area contributed by atoms with E-state index in [1.165, 1.54) is 5.01 Å². The molecule has 1 heterocycles. The molecule has 2 aromatic rings. The molecule has 0 fully saturated rings. The maximum Gasteiger partial charge on any atom is 0.191 e. The fraction of sp³-hybridized carbons (Fsp3) is 0.0714. The topological polar surface area (TPSA) is 54.5 Å². The van der Waals surface area contributed by atoms with E-state index in [9.17, 15) is 0 Å². The number of thiocarbonyl (C=S) groups is 1. The van der Waals surface area contributed by atoms with E-state index in [0.717, 1.165) is 21.3 Å². The summed E-state index contributed by atoms with van der Waals surface area (Å²) >= 11 is 8.52. The lowest BCUT2D eigenvalue weighted by atomic mass is 10.2. The van der Waals surface area contributed by atoms with E-state index in [2.05, 4.69) is 26.0 Å². The van der Waals surface area contributed by atoms with Crippen LogP contribution in [0, 0.1) is 6.92 Å². The highest BCUT2D eigenvalue weighted by atomic mass is 79.9. The van der Waals surface area contributed by atoms with Crippen LogP contribution in [-0.2, 0) is 0 Å². The third kappa shape index (κ3) is 3.61. The third-order valence-electron chi connectivity index (χ3n) is 2.60. The molecule has 0 atom stereocenters. The number of hydrogen-bond acceptors (Lipinski definition) is 3. The van der Waals surface area contributed by atoms with Crippen molar-refractivity contribution in [3.63, 3.8) is 0 Å². The van der Waals surface area contributed by atoms with E-state index >= 15 is 0 Å².